The third-order valence-corrected chi connectivity index (χ3v) is 6.77. The van der Waals surface area contributed by atoms with E-state index in [2.05, 4.69) is 30.8 Å². The van der Waals surface area contributed by atoms with Crippen molar-refractivity contribution in [3.8, 4) is 5.69 Å². The molecule has 8 heteroatoms. The number of carbonyl (C=O) groups is 1. The second-order valence-electron chi connectivity index (χ2n) is 6.72. The van der Waals surface area contributed by atoms with Gasteiger partial charge in [0.2, 0.25) is 0 Å². The van der Waals surface area contributed by atoms with Crippen molar-refractivity contribution in [2.45, 2.75) is 13.8 Å². The van der Waals surface area contributed by atoms with Gasteiger partial charge >= 0.3 is 0 Å². The van der Waals surface area contributed by atoms with E-state index in [-0.39, 0.29) is 11.7 Å². The molecule has 1 aliphatic rings. The Balaban J connectivity index is 1.64. The van der Waals surface area contributed by atoms with E-state index in [1.807, 2.05) is 44.2 Å². The van der Waals surface area contributed by atoms with Crippen LogP contribution in [0.1, 0.15) is 17.0 Å². The molecule has 1 aliphatic heterocycles. The zero-order chi connectivity index (χ0) is 21.4. The molecule has 0 radical (unpaired) electrons. The van der Waals surface area contributed by atoms with Crippen molar-refractivity contribution in [3.63, 3.8) is 0 Å². The molecular formula is C22H16BrClFN3OS. The summed E-state index contributed by atoms with van der Waals surface area (Å²) in [5.74, 6) is -0.539. The number of rotatable bonds is 3. The van der Waals surface area contributed by atoms with Crippen LogP contribution in [0.4, 0.5) is 10.1 Å². The third-order valence-electron chi connectivity index (χ3n) is 4.63. The number of benzene rings is 2. The van der Waals surface area contributed by atoms with Gasteiger partial charge in [0.1, 0.15) is 5.82 Å². The van der Waals surface area contributed by atoms with Gasteiger partial charge in [0.05, 0.1) is 15.6 Å². The van der Waals surface area contributed by atoms with Crippen molar-refractivity contribution in [2.24, 2.45) is 4.99 Å². The standard InChI is InChI=1S/C22H16BrClFN3OS/c1-12-9-14(13(2)28(12)17-7-8-18(23)19(24)11-17)10-20-21(29)27-22(30-20)26-16-5-3-15(25)4-6-16/h3-11H,1-2H3,(H,26,27,29)/b20-10+. The molecule has 30 heavy (non-hydrogen) atoms. The molecule has 0 spiro atoms. The molecule has 2 aromatic carbocycles. The van der Waals surface area contributed by atoms with Gasteiger partial charge in [-0.1, -0.05) is 11.6 Å². The van der Waals surface area contributed by atoms with Crippen LogP contribution in [0.25, 0.3) is 11.8 Å². The van der Waals surface area contributed by atoms with Crippen LogP contribution in [0.2, 0.25) is 5.02 Å². The molecule has 1 saturated heterocycles. The molecule has 0 unspecified atom stereocenters. The molecule has 4 nitrogen and oxygen atoms in total. The first-order chi connectivity index (χ1) is 14.3. The van der Waals surface area contributed by atoms with E-state index in [9.17, 15) is 9.18 Å². The highest BCUT2D eigenvalue weighted by atomic mass is 79.9. The number of hydrogen-bond acceptors (Lipinski definition) is 3. The lowest BCUT2D eigenvalue weighted by Gasteiger charge is -2.10. The van der Waals surface area contributed by atoms with Crippen molar-refractivity contribution in [1.29, 1.82) is 0 Å². The first-order valence-electron chi connectivity index (χ1n) is 9.01. The third kappa shape index (κ3) is 4.24. The normalized spacial score (nSPS) is 16.5. The van der Waals surface area contributed by atoms with Crippen molar-refractivity contribution >= 4 is 62.1 Å². The average molecular weight is 505 g/mol. The highest BCUT2D eigenvalue weighted by Crippen LogP contribution is 2.32. The lowest BCUT2D eigenvalue weighted by Crippen LogP contribution is -2.19. The summed E-state index contributed by atoms with van der Waals surface area (Å²) in [6, 6.07) is 13.6. The molecule has 1 aromatic heterocycles. The molecule has 0 saturated carbocycles. The Morgan fingerprint density at radius 1 is 1.17 bits per heavy atom. The number of amides is 1. The molecule has 3 aromatic rings. The number of aryl methyl sites for hydroxylation is 1. The molecule has 4 rings (SSSR count). The Labute approximate surface area is 191 Å². The highest BCUT2D eigenvalue weighted by Gasteiger charge is 2.24. The van der Waals surface area contributed by atoms with E-state index in [4.69, 9.17) is 11.6 Å². The summed E-state index contributed by atoms with van der Waals surface area (Å²) < 4.78 is 16.0. The van der Waals surface area contributed by atoms with E-state index in [0.29, 0.717) is 20.8 Å². The van der Waals surface area contributed by atoms with E-state index in [1.54, 1.807) is 12.1 Å². The van der Waals surface area contributed by atoms with Crippen LogP contribution < -0.4 is 5.32 Å². The maximum Gasteiger partial charge on any atom is 0.264 e. The summed E-state index contributed by atoms with van der Waals surface area (Å²) in [6.07, 6.45) is 1.85. The fraction of sp³-hybridized carbons (Fsp3) is 0.0909. The Kier molecular flexibility index (Phi) is 5.86. The van der Waals surface area contributed by atoms with Gasteiger partial charge in [0, 0.05) is 21.5 Å². The Bertz CT molecular complexity index is 1220. The fourth-order valence-corrected chi connectivity index (χ4v) is 4.46. The van der Waals surface area contributed by atoms with E-state index in [0.717, 1.165) is 27.1 Å². The summed E-state index contributed by atoms with van der Waals surface area (Å²) in [5, 5.41) is 3.85. The van der Waals surface area contributed by atoms with Crippen LogP contribution >= 0.6 is 39.3 Å². The molecule has 0 bridgehead atoms. The van der Waals surface area contributed by atoms with Crippen molar-refractivity contribution < 1.29 is 9.18 Å². The van der Waals surface area contributed by atoms with Gasteiger partial charge in [-0.05, 0) is 102 Å². The van der Waals surface area contributed by atoms with E-state index >= 15 is 0 Å². The molecule has 1 amide bonds. The van der Waals surface area contributed by atoms with Gasteiger partial charge in [-0.3, -0.25) is 4.79 Å². The number of amidine groups is 1. The smallest absolute Gasteiger partial charge is 0.264 e. The SMILES string of the molecule is Cc1cc(/C=C2/SC(=Nc3ccc(F)cc3)NC2=O)c(C)n1-c1ccc(Br)c(Cl)c1. The van der Waals surface area contributed by atoms with Gasteiger partial charge < -0.3 is 9.88 Å². The van der Waals surface area contributed by atoms with Gasteiger partial charge in [-0.15, -0.1) is 0 Å². The molecule has 0 atom stereocenters. The second kappa shape index (κ2) is 8.41. The van der Waals surface area contributed by atoms with Crippen LogP contribution in [0, 0.1) is 19.7 Å². The Hall–Kier alpha value is -2.35. The van der Waals surface area contributed by atoms with Crippen LogP contribution in [-0.2, 0) is 4.79 Å². The topological polar surface area (TPSA) is 46.4 Å². The number of aromatic nitrogens is 1. The molecule has 152 valence electrons. The first-order valence-corrected chi connectivity index (χ1v) is 11.0. The number of halogens is 3. The van der Waals surface area contributed by atoms with Crippen molar-refractivity contribution in [1.82, 2.24) is 9.88 Å². The second-order valence-corrected chi connectivity index (χ2v) is 9.01. The molecular weight excluding hydrogens is 489 g/mol. The molecule has 1 N–H and O–H groups in total. The maximum atomic E-state index is 13.1. The first kappa shape index (κ1) is 20.9. The number of nitrogens with zero attached hydrogens (tertiary/aromatic N) is 2. The quantitative estimate of drug-likeness (QED) is 0.412. The van der Waals surface area contributed by atoms with E-state index in [1.165, 1.54) is 23.9 Å². The summed E-state index contributed by atoms with van der Waals surface area (Å²) in [6.45, 7) is 4.01. The van der Waals surface area contributed by atoms with Crippen LogP contribution in [0.3, 0.4) is 0 Å². The zero-order valence-corrected chi connectivity index (χ0v) is 19.2. The number of nitrogens with one attached hydrogen (secondary N) is 1. The monoisotopic (exact) mass is 503 g/mol. The molecule has 2 heterocycles. The van der Waals surface area contributed by atoms with Crippen LogP contribution in [-0.4, -0.2) is 15.6 Å². The predicted molar refractivity (Wildman–Crippen MR) is 125 cm³/mol. The predicted octanol–water partition coefficient (Wildman–Crippen LogP) is 6.54. The minimum absolute atomic E-state index is 0.211. The maximum absolute atomic E-state index is 13.1. The number of aliphatic imine (C=N–C) groups is 1. The fourth-order valence-electron chi connectivity index (χ4n) is 3.21. The molecule has 0 aliphatic carbocycles. The minimum atomic E-state index is -0.329. The number of thioether (sulfide) groups is 1. The lowest BCUT2D eigenvalue weighted by atomic mass is 10.2. The summed E-state index contributed by atoms with van der Waals surface area (Å²) in [4.78, 5) is 17.3. The van der Waals surface area contributed by atoms with Gasteiger partial charge in [-0.2, -0.15) is 0 Å². The van der Waals surface area contributed by atoms with E-state index < -0.39 is 0 Å². The van der Waals surface area contributed by atoms with Gasteiger partial charge in [0.25, 0.3) is 5.91 Å². The summed E-state index contributed by atoms with van der Waals surface area (Å²) >= 11 is 10.9. The van der Waals surface area contributed by atoms with Crippen molar-refractivity contribution in [3.05, 3.63) is 85.7 Å². The molecule has 1 fully saturated rings. The van der Waals surface area contributed by atoms with Crippen molar-refractivity contribution in [2.75, 3.05) is 0 Å². The van der Waals surface area contributed by atoms with Gasteiger partial charge in [0.15, 0.2) is 5.17 Å². The average Bonchev–Trinajstić information content (AvgIpc) is 3.18. The minimum Gasteiger partial charge on any atom is -0.318 e. The highest BCUT2D eigenvalue weighted by molar-refractivity contribution is 9.10. The van der Waals surface area contributed by atoms with Gasteiger partial charge in [-0.25, -0.2) is 9.38 Å². The summed E-state index contributed by atoms with van der Waals surface area (Å²) in [5.41, 5.74) is 4.49. The zero-order valence-electron chi connectivity index (χ0n) is 16.0. The summed E-state index contributed by atoms with van der Waals surface area (Å²) in [7, 11) is 0. The number of hydrogen-bond donors (Lipinski definition) is 1. The van der Waals surface area contributed by atoms with Crippen LogP contribution in [0.15, 0.2) is 62.9 Å². The lowest BCUT2D eigenvalue weighted by molar-refractivity contribution is -0.115. The van der Waals surface area contributed by atoms with Crippen LogP contribution in [0.5, 0.6) is 0 Å². The Morgan fingerprint density at radius 2 is 1.90 bits per heavy atom. The largest absolute Gasteiger partial charge is 0.318 e. The number of carbonyl (C=O) groups excluding carboxylic acids is 1. The Morgan fingerprint density at radius 3 is 2.60 bits per heavy atom.